The third kappa shape index (κ3) is 3.83. The predicted molar refractivity (Wildman–Crippen MR) is 76.8 cm³/mol. The van der Waals surface area contributed by atoms with E-state index in [9.17, 15) is 9.90 Å². The van der Waals surface area contributed by atoms with E-state index in [0.29, 0.717) is 5.76 Å². The van der Waals surface area contributed by atoms with E-state index in [4.69, 9.17) is 4.42 Å². The smallest absolute Gasteiger partial charge is 0.860 e. The molecule has 0 aliphatic carbocycles. The van der Waals surface area contributed by atoms with Crippen molar-refractivity contribution in [2.24, 2.45) is 10.1 Å². The topological polar surface area (TPSA) is 94.1 Å². The average Bonchev–Trinajstić information content (AvgIpc) is 3.04. The van der Waals surface area contributed by atoms with Crippen molar-refractivity contribution in [3.8, 4) is 11.3 Å². The van der Waals surface area contributed by atoms with Crippen LogP contribution in [0, 0.1) is 0 Å². The van der Waals surface area contributed by atoms with Gasteiger partial charge in [-0.2, -0.15) is 5.10 Å². The molecule has 2 amide bonds. The molecule has 1 aliphatic heterocycles. The van der Waals surface area contributed by atoms with Crippen LogP contribution in [0.1, 0.15) is 5.89 Å². The summed E-state index contributed by atoms with van der Waals surface area (Å²) in [6, 6.07) is 6.86. The van der Waals surface area contributed by atoms with Crippen molar-refractivity contribution in [2.45, 2.75) is 0 Å². The molecule has 1 aromatic heterocycles. The van der Waals surface area contributed by atoms with E-state index < -0.39 is 11.9 Å². The summed E-state index contributed by atoms with van der Waals surface area (Å²) in [5.41, 5.74) is 0.868. The monoisotopic (exact) mass is 370 g/mol. The largest absolute Gasteiger partial charge is 1.00 e. The normalized spacial score (nSPS) is 14.3. The zero-order valence-electron chi connectivity index (χ0n) is 11.6. The van der Waals surface area contributed by atoms with E-state index in [0.717, 1.165) is 15.0 Å². The second-order valence-corrected chi connectivity index (χ2v) is 5.08. The second kappa shape index (κ2) is 7.19. The van der Waals surface area contributed by atoms with Gasteiger partial charge in [0, 0.05) is 10.0 Å². The van der Waals surface area contributed by atoms with Gasteiger partial charge in [0.1, 0.15) is 6.21 Å². The minimum absolute atomic E-state index is 0. The molecule has 0 radical (unpaired) electrons. The summed E-state index contributed by atoms with van der Waals surface area (Å²) in [4.78, 5) is 18.5. The first kappa shape index (κ1) is 16.9. The fraction of sp³-hybridized carbons (Fsp3) is 0.0769. The zero-order chi connectivity index (χ0) is 14.8. The van der Waals surface area contributed by atoms with Crippen LogP contribution in [0.5, 0.6) is 0 Å². The molecule has 0 saturated heterocycles. The molecule has 0 N–H and O–H groups in total. The Balaban J connectivity index is 0.00000176. The minimum Gasteiger partial charge on any atom is -0.860 e. The van der Waals surface area contributed by atoms with Gasteiger partial charge in [-0.1, -0.05) is 28.1 Å². The Morgan fingerprint density at radius 3 is 2.73 bits per heavy atom. The quantitative estimate of drug-likeness (QED) is 0.492. The molecule has 3 rings (SSSR count). The number of aliphatic imine (C=N–C) groups is 1. The maximum Gasteiger partial charge on any atom is 1.00 e. The number of hydrazone groups is 1. The zero-order valence-corrected chi connectivity index (χ0v) is 15.1. The van der Waals surface area contributed by atoms with Crippen molar-refractivity contribution in [3.05, 3.63) is 40.8 Å². The second-order valence-electron chi connectivity index (χ2n) is 4.16. The fourth-order valence-corrected chi connectivity index (χ4v) is 1.96. The number of oxazole rings is 1. The molecule has 22 heavy (non-hydrogen) atoms. The molecule has 0 spiro atoms. The van der Waals surface area contributed by atoms with Crippen LogP contribution in [0.4, 0.5) is 4.79 Å². The molecule has 2 aromatic rings. The van der Waals surface area contributed by atoms with Crippen LogP contribution in [0.2, 0.25) is 0 Å². The summed E-state index contributed by atoms with van der Waals surface area (Å²) < 4.78 is 6.47. The first-order chi connectivity index (χ1) is 10.1. The molecule has 0 atom stereocenters. The fourth-order valence-electron chi connectivity index (χ4n) is 1.70. The van der Waals surface area contributed by atoms with Gasteiger partial charge in [0.15, 0.2) is 5.76 Å². The van der Waals surface area contributed by atoms with Crippen molar-refractivity contribution in [1.29, 1.82) is 0 Å². The molecule has 0 saturated carbocycles. The predicted octanol–water partition coefficient (Wildman–Crippen LogP) is -1.36. The Morgan fingerprint density at radius 1 is 1.36 bits per heavy atom. The van der Waals surface area contributed by atoms with E-state index in [1.54, 1.807) is 6.20 Å². The number of hydrogen-bond acceptors (Lipinski definition) is 5. The number of rotatable bonds is 3. The summed E-state index contributed by atoms with van der Waals surface area (Å²) in [7, 11) is 0. The third-order valence-corrected chi connectivity index (χ3v) is 3.21. The Hall–Kier alpha value is -1.48. The standard InChI is InChI=1S/C13H9BrN4O3.Na/c14-9-3-1-8(2-4-9)10-5-15-12(21-10)6-16-18-7-11(19)17-13(18)20;/h1-6H,7H2,(H,17,19,20);/q;+1/p-1/b16-6-;. The van der Waals surface area contributed by atoms with Crippen LogP contribution in [0.25, 0.3) is 11.3 Å². The van der Waals surface area contributed by atoms with Gasteiger partial charge in [-0.25, -0.2) is 19.8 Å². The maximum atomic E-state index is 11.2. The Morgan fingerprint density at radius 2 is 2.09 bits per heavy atom. The number of carbonyl (C=O) groups excluding carboxylic acids is 1. The van der Waals surface area contributed by atoms with E-state index in [2.05, 4.69) is 31.0 Å². The van der Waals surface area contributed by atoms with Crippen molar-refractivity contribution in [3.63, 3.8) is 0 Å². The summed E-state index contributed by atoms with van der Waals surface area (Å²) in [5.74, 6) is 0.303. The molecule has 2 heterocycles. The maximum absolute atomic E-state index is 11.2. The number of amides is 2. The van der Waals surface area contributed by atoms with E-state index >= 15 is 0 Å². The molecule has 1 aliphatic rings. The van der Waals surface area contributed by atoms with Crippen LogP contribution in [-0.4, -0.2) is 34.7 Å². The van der Waals surface area contributed by atoms with Crippen molar-refractivity contribution in [2.75, 3.05) is 6.54 Å². The Labute approximate surface area is 156 Å². The molecule has 0 bridgehead atoms. The van der Waals surface area contributed by atoms with Crippen LogP contribution >= 0.6 is 15.9 Å². The molecule has 1 aromatic carbocycles. The molecular formula is C13H8BrN4NaO3. The summed E-state index contributed by atoms with van der Waals surface area (Å²) >= 11 is 3.35. The van der Waals surface area contributed by atoms with Crippen LogP contribution in [-0.2, 0) is 0 Å². The van der Waals surface area contributed by atoms with Gasteiger partial charge in [0.05, 0.1) is 12.7 Å². The summed E-state index contributed by atoms with van der Waals surface area (Å²) in [5, 5.41) is 15.7. The summed E-state index contributed by atoms with van der Waals surface area (Å²) in [6.07, 6.45) is 2.83. The van der Waals surface area contributed by atoms with Crippen LogP contribution in [0.3, 0.4) is 0 Å². The molecular weight excluding hydrogens is 363 g/mol. The Bertz CT molecular complexity index is 742. The third-order valence-electron chi connectivity index (χ3n) is 2.69. The van der Waals surface area contributed by atoms with Crippen molar-refractivity contribution >= 4 is 34.1 Å². The van der Waals surface area contributed by atoms with Gasteiger partial charge < -0.3 is 9.52 Å². The van der Waals surface area contributed by atoms with E-state index in [-0.39, 0.29) is 42.0 Å². The van der Waals surface area contributed by atoms with Crippen LogP contribution < -0.4 is 34.7 Å². The molecule has 9 heteroatoms. The Kier molecular flexibility index (Phi) is 5.52. The molecule has 0 fully saturated rings. The van der Waals surface area contributed by atoms with Crippen molar-refractivity contribution in [1.82, 2.24) is 9.99 Å². The van der Waals surface area contributed by atoms with E-state index in [1.165, 1.54) is 6.21 Å². The minimum atomic E-state index is -0.684. The van der Waals surface area contributed by atoms with E-state index in [1.807, 2.05) is 24.3 Å². The number of hydrogen-bond donors (Lipinski definition) is 0. The van der Waals surface area contributed by atoms with Gasteiger partial charge in [0.2, 0.25) is 5.89 Å². The molecule has 106 valence electrons. The van der Waals surface area contributed by atoms with Gasteiger partial charge in [0.25, 0.3) is 0 Å². The summed E-state index contributed by atoms with van der Waals surface area (Å²) in [6.45, 7) is -0.157. The first-order valence-electron chi connectivity index (χ1n) is 5.93. The van der Waals surface area contributed by atoms with Crippen molar-refractivity contribution < 1.29 is 43.9 Å². The van der Waals surface area contributed by atoms with Gasteiger partial charge >= 0.3 is 35.6 Å². The van der Waals surface area contributed by atoms with Gasteiger partial charge in [-0.3, -0.25) is 0 Å². The van der Waals surface area contributed by atoms with Gasteiger partial charge in [-0.05, 0) is 18.0 Å². The average molecular weight is 371 g/mol. The first-order valence-corrected chi connectivity index (χ1v) is 6.73. The number of aromatic nitrogens is 1. The molecule has 7 nitrogen and oxygen atoms in total. The number of carbonyl (C=O) groups is 1. The number of nitrogens with zero attached hydrogens (tertiary/aromatic N) is 4. The number of urea groups is 1. The molecule has 0 unspecified atom stereocenters. The number of benzene rings is 1. The van der Waals surface area contributed by atoms with Gasteiger partial charge in [-0.15, -0.1) is 0 Å². The van der Waals surface area contributed by atoms with Crippen LogP contribution in [0.15, 0.2) is 49.4 Å². The SMILES string of the molecule is O=C1N=C([O-])CN1/N=C\c1ncc(-c2ccc(Br)cc2)o1.[Na+]. The number of halogens is 1.